The van der Waals surface area contributed by atoms with Crippen molar-refractivity contribution in [2.75, 3.05) is 0 Å². The third-order valence-electron chi connectivity index (χ3n) is 13.5. The molecule has 0 aliphatic rings. The summed E-state index contributed by atoms with van der Waals surface area (Å²) >= 11 is 0. The molecular formula is C60H59NO3. The predicted molar refractivity (Wildman–Crippen MR) is 273 cm³/mol. The summed E-state index contributed by atoms with van der Waals surface area (Å²) in [5, 5.41) is 11.6. The first-order valence-corrected chi connectivity index (χ1v) is 22.7. The van der Waals surface area contributed by atoms with Gasteiger partial charge in [-0.1, -0.05) is 156 Å². The fourth-order valence-electron chi connectivity index (χ4n) is 10.1. The van der Waals surface area contributed by atoms with Gasteiger partial charge in [0.25, 0.3) is 5.56 Å². The minimum absolute atomic E-state index is 0.0155. The Labute approximate surface area is 376 Å². The van der Waals surface area contributed by atoms with Crippen LogP contribution in [0, 0.1) is 6.92 Å². The van der Waals surface area contributed by atoms with Crippen LogP contribution in [0.5, 0.6) is 23.0 Å². The Kier molecular flexibility index (Phi) is 8.98. The lowest BCUT2D eigenvalue weighted by Gasteiger charge is -2.28. The molecule has 10 aromatic rings. The van der Waals surface area contributed by atoms with Gasteiger partial charge in [-0.3, -0.25) is 9.20 Å². The van der Waals surface area contributed by atoms with Crippen molar-refractivity contribution < 1.29 is 9.47 Å². The van der Waals surface area contributed by atoms with Gasteiger partial charge in [-0.2, -0.15) is 0 Å². The number of hydrogen-bond acceptors (Lipinski definition) is 3. The molecule has 0 radical (unpaired) electrons. The van der Waals surface area contributed by atoms with Crippen LogP contribution in [0.2, 0.25) is 0 Å². The van der Waals surface area contributed by atoms with Crippen LogP contribution in [0.4, 0.5) is 0 Å². The molecule has 10 rings (SSSR count). The Hall–Kier alpha value is -6.39. The molecule has 2 aromatic heterocycles. The van der Waals surface area contributed by atoms with Crippen LogP contribution < -0.4 is 20.3 Å². The van der Waals surface area contributed by atoms with Crippen molar-refractivity contribution in [3.63, 3.8) is 0 Å². The van der Waals surface area contributed by atoms with Gasteiger partial charge in [-0.05, 0) is 110 Å². The molecule has 0 saturated heterocycles. The minimum atomic E-state index is -0.207. The molecule has 0 unspecified atom stereocenters. The zero-order valence-electron chi connectivity index (χ0n) is 39.8. The number of nitrogens with zero attached hydrogens (tertiary/aromatic N) is 1. The molecule has 4 nitrogen and oxygen atoms in total. The highest BCUT2D eigenvalue weighted by Gasteiger charge is 2.29. The third-order valence-corrected chi connectivity index (χ3v) is 13.5. The molecular weight excluding hydrogens is 783 g/mol. The molecule has 322 valence electrons. The van der Waals surface area contributed by atoms with E-state index in [1.807, 2.05) is 10.5 Å². The van der Waals surface area contributed by atoms with E-state index in [-0.39, 0.29) is 27.2 Å². The van der Waals surface area contributed by atoms with Crippen molar-refractivity contribution in [3.8, 4) is 23.0 Å². The lowest BCUT2D eigenvalue weighted by molar-refractivity contribution is 0.457. The van der Waals surface area contributed by atoms with Gasteiger partial charge in [0.2, 0.25) is 0 Å². The highest BCUT2D eigenvalue weighted by atomic mass is 16.5. The lowest BCUT2D eigenvalue weighted by Crippen LogP contribution is -2.18. The minimum Gasteiger partial charge on any atom is -0.456 e. The van der Waals surface area contributed by atoms with Gasteiger partial charge in [-0.15, -0.1) is 0 Å². The van der Waals surface area contributed by atoms with Crippen LogP contribution >= 0.6 is 0 Å². The van der Waals surface area contributed by atoms with Gasteiger partial charge < -0.3 is 9.47 Å². The summed E-state index contributed by atoms with van der Waals surface area (Å²) in [5.74, 6) is 3.16. The average molecular weight is 842 g/mol. The summed E-state index contributed by atoms with van der Waals surface area (Å²) < 4.78 is 16.5. The molecule has 8 aromatic carbocycles. The van der Waals surface area contributed by atoms with Gasteiger partial charge in [0, 0.05) is 54.2 Å². The molecule has 0 atom stereocenters. The van der Waals surface area contributed by atoms with E-state index >= 15 is 4.79 Å². The molecule has 0 aliphatic carbocycles. The molecule has 64 heavy (non-hydrogen) atoms. The van der Waals surface area contributed by atoms with Crippen molar-refractivity contribution in [2.45, 2.75) is 112 Å². The zero-order valence-corrected chi connectivity index (χ0v) is 39.8. The highest BCUT2D eigenvalue weighted by molar-refractivity contribution is 6.40. The Morgan fingerprint density at radius 2 is 1.00 bits per heavy atom. The molecule has 0 saturated carbocycles. The number of benzene rings is 8. The fourth-order valence-corrected chi connectivity index (χ4v) is 10.1. The lowest BCUT2D eigenvalue weighted by atomic mass is 9.80. The van der Waals surface area contributed by atoms with E-state index in [9.17, 15) is 0 Å². The predicted octanol–water partition coefficient (Wildman–Crippen LogP) is 15.9. The topological polar surface area (TPSA) is 39.9 Å². The molecule has 0 fully saturated rings. The van der Waals surface area contributed by atoms with Crippen LogP contribution in [0.25, 0.3) is 76.9 Å². The number of pyridine rings is 2. The van der Waals surface area contributed by atoms with Crippen LogP contribution in [0.15, 0.2) is 114 Å². The molecule has 0 aliphatic heterocycles. The number of hydrogen-bond donors (Lipinski definition) is 0. The normalized spacial score (nSPS) is 13.2. The number of aromatic nitrogens is 1. The summed E-state index contributed by atoms with van der Waals surface area (Å²) in [5.41, 5.74) is 7.09. The quantitative estimate of drug-likeness (QED) is 0.131. The summed E-state index contributed by atoms with van der Waals surface area (Å²) in [7, 11) is 0. The molecule has 4 heteroatoms. The van der Waals surface area contributed by atoms with E-state index < -0.39 is 0 Å². The van der Waals surface area contributed by atoms with Gasteiger partial charge >= 0.3 is 0 Å². The van der Waals surface area contributed by atoms with E-state index in [0.717, 1.165) is 110 Å². The van der Waals surface area contributed by atoms with Crippen molar-refractivity contribution in [2.24, 2.45) is 0 Å². The first-order chi connectivity index (χ1) is 30.0. The van der Waals surface area contributed by atoms with Crippen molar-refractivity contribution in [1.29, 1.82) is 0 Å². The van der Waals surface area contributed by atoms with Gasteiger partial charge in [0.15, 0.2) is 0 Å². The van der Waals surface area contributed by atoms with Crippen molar-refractivity contribution >= 4 is 76.9 Å². The van der Waals surface area contributed by atoms with Crippen LogP contribution in [-0.2, 0) is 21.7 Å². The average Bonchev–Trinajstić information content (AvgIpc) is 3.21. The molecule has 0 bridgehead atoms. The molecule has 0 N–H and O–H groups in total. The van der Waals surface area contributed by atoms with Crippen molar-refractivity contribution in [1.82, 2.24) is 4.40 Å². The highest BCUT2D eigenvalue weighted by Crippen LogP contribution is 2.52. The van der Waals surface area contributed by atoms with E-state index in [1.165, 1.54) is 11.1 Å². The Morgan fingerprint density at radius 3 is 1.61 bits per heavy atom. The van der Waals surface area contributed by atoms with E-state index in [4.69, 9.17) is 9.47 Å². The molecule has 2 heterocycles. The van der Waals surface area contributed by atoms with Crippen LogP contribution in [-0.4, -0.2) is 4.40 Å². The smallest absolute Gasteiger partial charge is 0.263 e. The summed E-state index contributed by atoms with van der Waals surface area (Å²) in [6.45, 7) is 33.7. The molecule has 0 spiro atoms. The second kappa shape index (κ2) is 13.8. The second-order valence-corrected chi connectivity index (χ2v) is 22.4. The van der Waals surface area contributed by atoms with Crippen LogP contribution in [0.3, 0.4) is 0 Å². The SMILES string of the molecule is C=c1cc2c3cc(Oc4ccc(C(C)(C)C)cc4C(C)(C)C)c4c5cccc6ccc(Oc7ccc(C(C)(C)C)cc7C(C)(C)C)c(c7ccc(c(=O)n2c2ccc(C)cc12)c3c74)c65. The monoisotopic (exact) mass is 841 g/mol. The standard InChI is InChI=1S/C60H59NO3/c1-33-18-24-45-41(28-33)34(2)29-46-42-32-50(64-48-27-21-37(58(6,7)8)31-44(48)60(12,13)14)54-38-17-15-16-35-19-25-49(63-47-26-20-36(57(3,4)5)30-43(47)59(9,10)11)53(51(35)38)39-22-23-40(52(42)55(39)54)56(62)61(45)46/h15-32H,2H2,1,3-14H3. The Bertz CT molecular complexity index is 3690. The second-order valence-electron chi connectivity index (χ2n) is 22.4. The number of aryl methyl sites for hydroxylation is 1. The van der Waals surface area contributed by atoms with E-state index in [1.54, 1.807) is 0 Å². The number of fused-ring (bicyclic) bond motifs is 6. The third kappa shape index (κ3) is 6.43. The summed E-state index contributed by atoms with van der Waals surface area (Å²) in [6, 6.07) is 38.8. The maximum absolute atomic E-state index is 15.1. The first-order valence-electron chi connectivity index (χ1n) is 22.7. The maximum Gasteiger partial charge on any atom is 0.263 e. The van der Waals surface area contributed by atoms with Crippen LogP contribution in [0.1, 0.15) is 111 Å². The number of ether oxygens (including phenoxy) is 2. The maximum atomic E-state index is 15.1. The van der Waals surface area contributed by atoms with Gasteiger partial charge in [0.05, 0.1) is 11.0 Å². The summed E-state index contributed by atoms with van der Waals surface area (Å²) in [4.78, 5) is 15.1. The van der Waals surface area contributed by atoms with E-state index in [0.29, 0.717) is 5.39 Å². The number of rotatable bonds is 4. The largest absolute Gasteiger partial charge is 0.456 e. The van der Waals surface area contributed by atoms with Gasteiger partial charge in [-0.25, -0.2) is 0 Å². The van der Waals surface area contributed by atoms with E-state index in [2.05, 4.69) is 200 Å². The summed E-state index contributed by atoms with van der Waals surface area (Å²) in [6.07, 6.45) is 0. The zero-order chi connectivity index (χ0) is 45.6. The Morgan fingerprint density at radius 1 is 0.438 bits per heavy atom. The van der Waals surface area contributed by atoms with Gasteiger partial charge in [0.1, 0.15) is 23.0 Å². The Balaban J connectivity index is 1.37. The van der Waals surface area contributed by atoms with Crippen molar-refractivity contribution in [3.05, 3.63) is 153 Å². The molecule has 0 amide bonds. The first kappa shape index (κ1) is 41.6. The fraction of sp³-hybridized carbons (Fsp3) is 0.283.